The van der Waals surface area contributed by atoms with Gasteiger partial charge in [-0.05, 0) is 43.7 Å². The summed E-state index contributed by atoms with van der Waals surface area (Å²) in [6.45, 7) is 3.19. The summed E-state index contributed by atoms with van der Waals surface area (Å²) in [5.41, 5.74) is 2.10. The van der Waals surface area contributed by atoms with Crippen LogP contribution in [0.2, 0.25) is 0 Å². The van der Waals surface area contributed by atoms with Crippen molar-refractivity contribution in [3.05, 3.63) is 90.0 Å². The Morgan fingerprint density at radius 3 is 2.17 bits per heavy atom. The number of para-hydroxylation sites is 2. The second kappa shape index (κ2) is 11.7. The lowest BCUT2D eigenvalue weighted by molar-refractivity contribution is -0.139. The van der Waals surface area contributed by atoms with Gasteiger partial charge < -0.3 is 15.0 Å². The molecule has 0 bridgehead atoms. The van der Waals surface area contributed by atoms with Crippen LogP contribution in [-0.2, 0) is 26.2 Å². The molecule has 0 fully saturated rings. The Hall–Kier alpha value is -3.85. The number of rotatable bonds is 10. The van der Waals surface area contributed by atoms with Crippen LogP contribution in [0.25, 0.3) is 0 Å². The molecule has 0 aliphatic heterocycles. The molecule has 0 saturated carbocycles. The average molecular weight is 510 g/mol. The van der Waals surface area contributed by atoms with Gasteiger partial charge in [-0.1, -0.05) is 60.2 Å². The minimum absolute atomic E-state index is 0.0353. The fraction of sp³-hybridized carbons (Fsp3) is 0.259. The van der Waals surface area contributed by atoms with E-state index in [9.17, 15) is 18.0 Å². The van der Waals surface area contributed by atoms with Crippen LogP contribution < -0.4 is 14.4 Å². The van der Waals surface area contributed by atoms with Gasteiger partial charge in [0, 0.05) is 13.6 Å². The molecular weight excluding hydrogens is 478 g/mol. The quantitative estimate of drug-likeness (QED) is 0.452. The normalized spacial score (nSPS) is 11.9. The van der Waals surface area contributed by atoms with Crippen LogP contribution in [0.3, 0.4) is 0 Å². The molecule has 2 amide bonds. The third-order valence-corrected chi connectivity index (χ3v) is 7.63. The summed E-state index contributed by atoms with van der Waals surface area (Å²) in [7, 11) is -1.21. The fourth-order valence-corrected chi connectivity index (χ4v) is 5.20. The zero-order chi connectivity index (χ0) is 26.3. The third kappa shape index (κ3) is 6.04. The van der Waals surface area contributed by atoms with E-state index in [2.05, 4.69) is 5.32 Å². The Morgan fingerprint density at radius 2 is 1.56 bits per heavy atom. The van der Waals surface area contributed by atoms with Gasteiger partial charge in [-0.3, -0.25) is 13.9 Å². The second-order valence-electron chi connectivity index (χ2n) is 8.29. The van der Waals surface area contributed by atoms with E-state index in [0.29, 0.717) is 5.75 Å². The van der Waals surface area contributed by atoms with Crippen LogP contribution in [0.4, 0.5) is 5.69 Å². The van der Waals surface area contributed by atoms with Gasteiger partial charge in [0.05, 0.1) is 17.7 Å². The topological polar surface area (TPSA) is 96.0 Å². The molecule has 3 aromatic carbocycles. The second-order valence-corrected chi connectivity index (χ2v) is 10.2. The van der Waals surface area contributed by atoms with Crippen LogP contribution in [0.15, 0.2) is 83.8 Å². The van der Waals surface area contributed by atoms with Crippen molar-refractivity contribution in [1.82, 2.24) is 10.2 Å². The Kier molecular flexibility index (Phi) is 8.71. The summed E-state index contributed by atoms with van der Waals surface area (Å²) in [6.07, 6.45) is 0. The molecule has 3 aromatic rings. The number of hydrogen-bond acceptors (Lipinski definition) is 5. The first-order chi connectivity index (χ1) is 17.2. The summed E-state index contributed by atoms with van der Waals surface area (Å²) in [5, 5.41) is 2.57. The SMILES string of the molecule is CNC(=O)[C@@H](C)N(Cc1ccc(C)cc1)C(=O)CN(c1ccccc1OC)S(=O)(=O)c1ccccc1. The molecule has 0 aliphatic rings. The average Bonchev–Trinajstić information content (AvgIpc) is 2.90. The van der Waals surface area contributed by atoms with Crippen molar-refractivity contribution >= 4 is 27.5 Å². The van der Waals surface area contributed by atoms with Crippen LogP contribution in [0, 0.1) is 6.92 Å². The van der Waals surface area contributed by atoms with Crippen molar-refractivity contribution in [2.45, 2.75) is 31.3 Å². The molecular formula is C27H31N3O5S. The number of sulfonamides is 1. The van der Waals surface area contributed by atoms with Crippen LogP contribution in [-0.4, -0.2) is 51.9 Å². The summed E-state index contributed by atoms with van der Waals surface area (Å²) in [4.78, 5) is 27.7. The Labute approximate surface area is 212 Å². The number of hydrogen-bond donors (Lipinski definition) is 1. The maximum absolute atomic E-state index is 13.7. The minimum Gasteiger partial charge on any atom is -0.495 e. The summed E-state index contributed by atoms with van der Waals surface area (Å²) >= 11 is 0. The fourth-order valence-electron chi connectivity index (χ4n) is 3.75. The lowest BCUT2D eigenvalue weighted by Crippen LogP contribution is -2.50. The third-order valence-electron chi connectivity index (χ3n) is 5.85. The number of amides is 2. The summed E-state index contributed by atoms with van der Waals surface area (Å²) in [5.74, 6) is -0.587. The number of benzene rings is 3. The molecule has 1 atom stereocenters. The van der Waals surface area contributed by atoms with E-state index < -0.39 is 28.5 Å². The predicted octanol–water partition coefficient (Wildman–Crippen LogP) is 3.36. The van der Waals surface area contributed by atoms with E-state index >= 15 is 0 Å². The van der Waals surface area contributed by atoms with E-state index in [-0.39, 0.29) is 23.0 Å². The first-order valence-corrected chi connectivity index (χ1v) is 12.9. The molecule has 0 saturated heterocycles. The number of nitrogens with one attached hydrogen (secondary N) is 1. The zero-order valence-corrected chi connectivity index (χ0v) is 21.7. The highest BCUT2D eigenvalue weighted by Gasteiger charge is 2.33. The number of anilines is 1. The van der Waals surface area contributed by atoms with E-state index in [0.717, 1.165) is 15.4 Å². The number of carbonyl (C=O) groups excluding carboxylic acids is 2. The van der Waals surface area contributed by atoms with Gasteiger partial charge in [0.2, 0.25) is 11.8 Å². The standard InChI is InChI=1S/C27H31N3O5S/c1-20-14-16-22(17-15-20)18-29(21(2)27(32)28-3)26(31)19-30(24-12-8-9-13-25(24)35-4)36(33,34)23-10-6-5-7-11-23/h5-17,21H,18-19H2,1-4H3,(H,28,32)/t21-/m1/s1. The lowest BCUT2D eigenvalue weighted by Gasteiger charge is -2.32. The van der Waals surface area contributed by atoms with Crippen LogP contribution in [0.5, 0.6) is 5.75 Å². The molecule has 0 heterocycles. The predicted molar refractivity (Wildman–Crippen MR) is 139 cm³/mol. The van der Waals surface area contributed by atoms with Crippen molar-refractivity contribution in [2.24, 2.45) is 0 Å². The van der Waals surface area contributed by atoms with Crippen molar-refractivity contribution in [2.75, 3.05) is 25.0 Å². The maximum Gasteiger partial charge on any atom is 0.264 e. The van der Waals surface area contributed by atoms with Gasteiger partial charge in [0.15, 0.2) is 0 Å². The highest BCUT2D eigenvalue weighted by Crippen LogP contribution is 2.32. The first-order valence-electron chi connectivity index (χ1n) is 11.5. The smallest absolute Gasteiger partial charge is 0.264 e. The number of nitrogens with zero attached hydrogens (tertiary/aromatic N) is 2. The highest BCUT2D eigenvalue weighted by molar-refractivity contribution is 7.92. The number of carbonyl (C=O) groups is 2. The molecule has 0 aromatic heterocycles. The summed E-state index contributed by atoms with van der Waals surface area (Å²) < 4.78 is 33.9. The zero-order valence-electron chi connectivity index (χ0n) is 20.8. The number of ether oxygens (including phenoxy) is 1. The largest absolute Gasteiger partial charge is 0.495 e. The van der Waals surface area contributed by atoms with E-state index in [1.54, 1.807) is 49.4 Å². The van der Waals surface area contributed by atoms with E-state index in [1.807, 2.05) is 31.2 Å². The van der Waals surface area contributed by atoms with Crippen molar-refractivity contribution in [3.63, 3.8) is 0 Å². The van der Waals surface area contributed by atoms with Gasteiger partial charge in [0.1, 0.15) is 18.3 Å². The minimum atomic E-state index is -4.14. The van der Waals surface area contributed by atoms with Gasteiger partial charge >= 0.3 is 0 Å². The number of likely N-dealkylation sites (N-methyl/N-ethyl adjacent to an activating group) is 1. The molecule has 3 rings (SSSR count). The molecule has 9 heteroatoms. The Morgan fingerprint density at radius 1 is 0.944 bits per heavy atom. The van der Waals surface area contributed by atoms with Gasteiger partial charge in [0.25, 0.3) is 10.0 Å². The highest BCUT2D eigenvalue weighted by atomic mass is 32.2. The number of aryl methyl sites for hydroxylation is 1. The molecule has 190 valence electrons. The Balaban J connectivity index is 2.05. The summed E-state index contributed by atoms with van der Waals surface area (Å²) in [6, 6.07) is 21.3. The van der Waals surface area contributed by atoms with Gasteiger partial charge in [-0.25, -0.2) is 8.42 Å². The molecule has 8 nitrogen and oxygen atoms in total. The Bertz CT molecular complexity index is 1290. The van der Waals surface area contributed by atoms with Gasteiger partial charge in [-0.15, -0.1) is 0 Å². The molecule has 0 radical (unpaired) electrons. The van der Waals surface area contributed by atoms with Gasteiger partial charge in [-0.2, -0.15) is 0 Å². The van der Waals surface area contributed by atoms with Crippen LogP contribution >= 0.6 is 0 Å². The maximum atomic E-state index is 13.7. The first kappa shape index (κ1) is 26.7. The van der Waals surface area contributed by atoms with Crippen molar-refractivity contribution < 1.29 is 22.7 Å². The van der Waals surface area contributed by atoms with E-state index in [1.165, 1.54) is 31.2 Å². The van der Waals surface area contributed by atoms with E-state index in [4.69, 9.17) is 4.74 Å². The molecule has 1 N–H and O–H groups in total. The van der Waals surface area contributed by atoms with Crippen molar-refractivity contribution in [1.29, 1.82) is 0 Å². The monoisotopic (exact) mass is 509 g/mol. The number of methoxy groups -OCH3 is 1. The molecule has 36 heavy (non-hydrogen) atoms. The molecule has 0 spiro atoms. The molecule has 0 unspecified atom stereocenters. The molecule has 0 aliphatic carbocycles. The van der Waals surface area contributed by atoms with Crippen LogP contribution in [0.1, 0.15) is 18.1 Å². The lowest BCUT2D eigenvalue weighted by atomic mass is 10.1. The van der Waals surface area contributed by atoms with Crippen molar-refractivity contribution in [3.8, 4) is 5.75 Å².